The van der Waals surface area contributed by atoms with Crippen LogP contribution in [0.2, 0.25) is 5.02 Å². The molecule has 0 amide bonds. The van der Waals surface area contributed by atoms with Crippen LogP contribution >= 0.6 is 22.9 Å². The minimum atomic E-state index is 0.194. The maximum absolute atomic E-state index is 9.39. The van der Waals surface area contributed by atoms with Crippen LogP contribution in [0.15, 0.2) is 53.9 Å². The van der Waals surface area contributed by atoms with Gasteiger partial charge in [0.05, 0.1) is 11.3 Å². The summed E-state index contributed by atoms with van der Waals surface area (Å²) in [6, 6.07) is 16.3. The first-order valence-corrected chi connectivity index (χ1v) is 8.04. The number of nitrogens with zero attached hydrogens (tertiary/aromatic N) is 2. The van der Waals surface area contributed by atoms with E-state index in [1.165, 1.54) is 11.3 Å². The topological polar surface area (TPSA) is 56.9 Å². The molecule has 0 radical (unpaired) electrons. The summed E-state index contributed by atoms with van der Waals surface area (Å²) in [6.07, 6.45) is 1.75. The number of aromatic nitrogens is 1. The van der Waals surface area contributed by atoms with Crippen molar-refractivity contribution in [3.63, 3.8) is 0 Å². The van der Waals surface area contributed by atoms with Crippen molar-refractivity contribution >= 4 is 34.6 Å². The van der Waals surface area contributed by atoms with Crippen LogP contribution in [0, 0.1) is 11.3 Å². The highest BCUT2D eigenvalue weighted by atomic mass is 35.5. The molecule has 23 heavy (non-hydrogen) atoms. The normalized spacial score (nSPS) is 11.2. The van der Waals surface area contributed by atoms with Gasteiger partial charge in [-0.05, 0) is 35.9 Å². The summed E-state index contributed by atoms with van der Waals surface area (Å²) >= 11 is 7.31. The summed E-state index contributed by atoms with van der Waals surface area (Å²) in [7, 11) is 0. The predicted octanol–water partition coefficient (Wildman–Crippen LogP) is 5.23. The number of aromatic hydroxyl groups is 1. The third-order valence-corrected chi connectivity index (χ3v) is 4.33. The number of allylic oxidation sites excluding steroid dienone is 1. The van der Waals surface area contributed by atoms with Crippen molar-refractivity contribution < 1.29 is 5.11 Å². The molecule has 112 valence electrons. The lowest BCUT2D eigenvalue weighted by Gasteiger charge is -1.97. The average Bonchev–Trinajstić information content (AvgIpc) is 3.05. The zero-order valence-electron chi connectivity index (χ0n) is 11.9. The van der Waals surface area contributed by atoms with E-state index >= 15 is 0 Å². The van der Waals surface area contributed by atoms with Crippen LogP contribution in [-0.4, -0.2) is 10.1 Å². The van der Waals surface area contributed by atoms with Gasteiger partial charge >= 0.3 is 0 Å². The number of benzene rings is 2. The van der Waals surface area contributed by atoms with Crippen LogP contribution in [0.25, 0.3) is 22.9 Å². The van der Waals surface area contributed by atoms with Gasteiger partial charge in [0.2, 0.25) is 0 Å². The molecule has 5 heteroatoms. The molecule has 0 unspecified atom stereocenters. The largest absolute Gasteiger partial charge is 0.508 e. The Kier molecular flexibility index (Phi) is 4.42. The van der Waals surface area contributed by atoms with E-state index in [-0.39, 0.29) is 5.75 Å². The van der Waals surface area contributed by atoms with Gasteiger partial charge in [-0.25, -0.2) is 4.98 Å². The summed E-state index contributed by atoms with van der Waals surface area (Å²) < 4.78 is 0. The van der Waals surface area contributed by atoms with Crippen molar-refractivity contribution in [3.8, 4) is 23.1 Å². The number of hydrogen-bond donors (Lipinski definition) is 1. The highest BCUT2D eigenvalue weighted by Crippen LogP contribution is 2.28. The first kappa shape index (κ1) is 15.3. The van der Waals surface area contributed by atoms with Crippen molar-refractivity contribution in [2.24, 2.45) is 0 Å². The highest BCUT2D eigenvalue weighted by Gasteiger charge is 2.09. The van der Waals surface area contributed by atoms with Crippen LogP contribution in [0.3, 0.4) is 0 Å². The van der Waals surface area contributed by atoms with Crippen LogP contribution < -0.4 is 0 Å². The molecule has 3 rings (SSSR count). The van der Waals surface area contributed by atoms with E-state index in [1.807, 2.05) is 29.6 Å². The summed E-state index contributed by atoms with van der Waals surface area (Å²) in [5.74, 6) is 0.194. The lowest BCUT2D eigenvalue weighted by Crippen LogP contribution is -1.83. The van der Waals surface area contributed by atoms with Gasteiger partial charge in [-0.1, -0.05) is 35.9 Å². The zero-order valence-corrected chi connectivity index (χ0v) is 13.5. The van der Waals surface area contributed by atoms with Crippen molar-refractivity contribution in [2.75, 3.05) is 0 Å². The van der Waals surface area contributed by atoms with Crippen molar-refractivity contribution in [2.45, 2.75) is 0 Å². The van der Waals surface area contributed by atoms with Crippen LogP contribution in [0.1, 0.15) is 10.6 Å². The number of halogens is 1. The molecule has 0 bridgehead atoms. The summed E-state index contributed by atoms with van der Waals surface area (Å²) in [5, 5.41) is 22.0. The number of hydrogen-bond acceptors (Lipinski definition) is 4. The fourth-order valence-electron chi connectivity index (χ4n) is 2.03. The number of rotatable bonds is 3. The molecule has 1 heterocycles. The molecule has 1 N–H and O–H groups in total. The molecule has 0 saturated heterocycles. The SMILES string of the molecule is N#C/C(=C/c1ccc(O)cc1)c1nc(-c2ccc(Cl)cc2)cs1. The van der Waals surface area contributed by atoms with Crippen molar-refractivity contribution in [1.82, 2.24) is 4.98 Å². The first-order valence-electron chi connectivity index (χ1n) is 6.78. The molecule has 0 saturated carbocycles. The molecule has 2 aromatic carbocycles. The molecule has 3 nitrogen and oxygen atoms in total. The lowest BCUT2D eigenvalue weighted by atomic mass is 10.1. The van der Waals surface area contributed by atoms with E-state index in [2.05, 4.69) is 11.1 Å². The molecule has 0 aliphatic carbocycles. The van der Waals surface area contributed by atoms with E-state index < -0.39 is 0 Å². The van der Waals surface area contributed by atoms with E-state index in [1.54, 1.807) is 30.3 Å². The molecular formula is C18H11ClN2OS. The van der Waals surface area contributed by atoms with E-state index in [4.69, 9.17) is 11.6 Å². The fourth-order valence-corrected chi connectivity index (χ4v) is 2.95. The van der Waals surface area contributed by atoms with Crippen LogP contribution in [0.4, 0.5) is 0 Å². The molecule has 0 spiro atoms. The third kappa shape index (κ3) is 3.59. The highest BCUT2D eigenvalue weighted by molar-refractivity contribution is 7.11. The standard InChI is InChI=1S/C18H11ClN2OS/c19-15-5-3-13(4-6-15)17-11-23-18(21-17)14(10-20)9-12-1-7-16(22)8-2-12/h1-9,11,22H/b14-9-. The molecular weight excluding hydrogens is 328 g/mol. The summed E-state index contributed by atoms with van der Waals surface area (Å²) in [5.41, 5.74) is 3.09. The van der Waals surface area contributed by atoms with Crippen molar-refractivity contribution in [1.29, 1.82) is 5.26 Å². The van der Waals surface area contributed by atoms with E-state index in [0.717, 1.165) is 16.8 Å². The minimum Gasteiger partial charge on any atom is -0.508 e. The Balaban J connectivity index is 1.92. The number of phenols is 1. The van der Waals surface area contributed by atoms with E-state index in [0.29, 0.717) is 15.6 Å². The Labute approximate surface area is 142 Å². The van der Waals surface area contributed by atoms with Gasteiger partial charge in [0, 0.05) is 16.0 Å². The first-order chi connectivity index (χ1) is 11.2. The second-order valence-electron chi connectivity index (χ2n) is 4.81. The maximum atomic E-state index is 9.39. The van der Waals surface area contributed by atoms with Gasteiger partial charge in [-0.2, -0.15) is 5.26 Å². The lowest BCUT2D eigenvalue weighted by molar-refractivity contribution is 0.475. The van der Waals surface area contributed by atoms with Crippen molar-refractivity contribution in [3.05, 3.63) is 69.5 Å². The number of nitriles is 1. The number of thiazole rings is 1. The monoisotopic (exact) mass is 338 g/mol. The number of phenolic OH excluding ortho intramolecular Hbond substituents is 1. The maximum Gasteiger partial charge on any atom is 0.134 e. The molecule has 1 aromatic heterocycles. The molecule has 0 fully saturated rings. The Morgan fingerprint density at radius 1 is 1.13 bits per heavy atom. The van der Waals surface area contributed by atoms with E-state index in [9.17, 15) is 10.4 Å². The second kappa shape index (κ2) is 6.66. The average molecular weight is 339 g/mol. The van der Waals surface area contributed by atoms with Crippen LogP contribution in [-0.2, 0) is 0 Å². The molecule has 3 aromatic rings. The molecule has 0 aliphatic heterocycles. The quantitative estimate of drug-likeness (QED) is 0.665. The van der Waals surface area contributed by atoms with Gasteiger partial charge in [-0.3, -0.25) is 0 Å². The smallest absolute Gasteiger partial charge is 0.134 e. The van der Waals surface area contributed by atoms with Gasteiger partial charge in [-0.15, -0.1) is 11.3 Å². The summed E-state index contributed by atoms with van der Waals surface area (Å²) in [4.78, 5) is 4.53. The third-order valence-electron chi connectivity index (χ3n) is 3.20. The van der Waals surface area contributed by atoms with Gasteiger partial charge < -0.3 is 5.11 Å². The van der Waals surface area contributed by atoms with Gasteiger partial charge in [0.15, 0.2) is 0 Å². The minimum absolute atomic E-state index is 0.194. The fraction of sp³-hybridized carbons (Fsp3) is 0. The Bertz CT molecular complexity index is 890. The van der Waals surface area contributed by atoms with Gasteiger partial charge in [0.1, 0.15) is 16.8 Å². The van der Waals surface area contributed by atoms with Gasteiger partial charge in [0.25, 0.3) is 0 Å². The van der Waals surface area contributed by atoms with Crippen LogP contribution in [0.5, 0.6) is 5.75 Å². The Morgan fingerprint density at radius 2 is 1.83 bits per heavy atom. The Morgan fingerprint density at radius 3 is 2.48 bits per heavy atom. The predicted molar refractivity (Wildman–Crippen MR) is 94.2 cm³/mol. The second-order valence-corrected chi connectivity index (χ2v) is 6.10. The molecule has 0 atom stereocenters. The molecule has 0 aliphatic rings. The Hall–Kier alpha value is -2.61. The summed E-state index contributed by atoms with van der Waals surface area (Å²) in [6.45, 7) is 0. The zero-order chi connectivity index (χ0) is 16.2.